The highest BCUT2D eigenvalue weighted by molar-refractivity contribution is 7.89. The second-order valence-corrected chi connectivity index (χ2v) is 9.27. The van der Waals surface area contributed by atoms with E-state index in [1.807, 2.05) is 12.1 Å². The molecule has 30 heavy (non-hydrogen) atoms. The number of halogens is 1. The Morgan fingerprint density at radius 3 is 2.37 bits per heavy atom. The van der Waals surface area contributed by atoms with Gasteiger partial charge in [0.15, 0.2) is 5.82 Å². The number of sulfonamides is 1. The molecule has 1 fully saturated rings. The number of ether oxygens (including phenoxy) is 2. The van der Waals surface area contributed by atoms with E-state index in [0.717, 1.165) is 11.1 Å². The number of hydrogen-bond acceptors (Lipinski definition) is 6. The van der Waals surface area contributed by atoms with Crippen LogP contribution in [0.4, 0.5) is 4.39 Å². The maximum Gasteiger partial charge on any atom is 0.217 e. The molecule has 0 aliphatic carbocycles. The lowest BCUT2D eigenvalue weighted by Crippen LogP contribution is -2.43. The molecule has 1 aliphatic rings. The van der Waals surface area contributed by atoms with Crippen molar-refractivity contribution in [1.29, 1.82) is 0 Å². The fraction of sp³-hybridized carbons (Fsp3) is 0.300. The highest BCUT2D eigenvalue weighted by atomic mass is 32.2. The van der Waals surface area contributed by atoms with E-state index in [1.165, 1.54) is 12.1 Å². The monoisotopic (exact) mass is 432 g/mol. The summed E-state index contributed by atoms with van der Waals surface area (Å²) in [6, 6.07) is 9.68. The number of imidazole rings is 1. The normalized spacial score (nSPS) is 22.2. The summed E-state index contributed by atoms with van der Waals surface area (Å²) in [5.41, 5.74) is 2.15. The van der Waals surface area contributed by atoms with E-state index in [-0.39, 0.29) is 24.8 Å². The van der Waals surface area contributed by atoms with Crippen molar-refractivity contribution in [2.45, 2.75) is 13.2 Å². The summed E-state index contributed by atoms with van der Waals surface area (Å²) in [5.74, 6) is -0.152. The molecule has 0 saturated carbocycles. The molecular formula is C20H21FN4O4S. The molecule has 2 aromatic heterocycles. The van der Waals surface area contributed by atoms with E-state index in [4.69, 9.17) is 14.6 Å². The van der Waals surface area contributed by atoms with E-state index < -0.39 is 21.7 Å². The largest absolute Gasteiger partial charge is 0.345 e. The molecule has 158 valence electrons. The Labute approximate surface area is 173 Å². The van der Waals surface area contributed by atoms with Gasteiger partial charge in [0.1, 0.15) is 5.82 Å². The van der Waals surface area contributed by atoms with Crippen LogP contribution in [0.2, 0.25) is 0 Å². The SMILES string of the molecule is CC1(CS(N)(=O)=O)COC(c2nc(-c3ccc(F)cc3)c(-c3ccncc3)[nH]2)OC1. The Balaban J connectivity index is 1.65. The minimum atomic E-state index is -3.66. The Hall–Kier alpha value is -2.66. The van der Waals surface area contributed by atoms with Crippen LogP contribution >= 0.6 is 0 Å². The van der Waals surface area contributed by atoms with Crippen molar-refractivity contribution in [3.63, 3.8) is 0 Å². The predicted molar refractivity (Wildman–Crippen MR) is 108 cm³/mol. The average Bonchev–Trinajstić information content (AvgIpc) is 3.13. The first kappa shape index (κ1) is 20.6. The molecule has 3 aromatic rings. The number of nitrogens with zero attached hydrogens (tertiary/aromatic N) is 2. The summed E-state index contributed by atoms with van der Waals surface area (Å²) < 4.78 is 47.9. The molecule has 3 N–H and O–H groups in total. The van der Waals surface area contributed by atoms with Crippen molar-refractivity contribution in [1.82, 2.24) is 15.0 Å². The summed E-state index contributed by atoms with van der Waals surface area (Å²) >= 11 is 0. The number of aromatic nitrogens is 3. The smallest absolute Gasteiger partial charge is 0.217 e. The first-order chi connectivity index (χ1) is 14.2. The summed E-state index contributed by atoms with van der Waals surface area (Å²) in [6.45, 7) is 2.03. The molecule has 0 unspecified atom stereocenters. The van der Waals surface area contributed by atoms with E-state index >= 15 is 0 Å². The van der Waals surface area contributed by atoms with Gasteiger partial charge in [0, 0.05) is 28.9 Å². The van der Waals surface area contributed by atoms with E-state index in [9.17, 15) is 12.8 Å². The molecule has 1 aromatic carbocycles. The highest BCUT2D eigenvalue weighted by Crippen LogP contribution is 2.36. The molecule has 8 nitrogen and oxygen atoms in total. The summed E-state index contributed by atoms with van der Waals surface area (Å²) in [7, 11) is -3.66. The predicted octanol–water partition coefficient (Wildman–Crippen LogP) is 2.62. The highest BCUT2D eigenvalue weighted by Gasteiger charge is 2.37. The lowest BCUT2D eigenvalue weighted by Gasteiger charge is -2.35. The summed E-state index contributed by atoms with van der Waals surface area (Å²) in [4.78, 5) is 11.9. The molecule has 3 heterocycles. The second kappa shape index (κ2) is 7.88. The van der Waals surface area contributed by atoms with Gasteiger partial charge in [-0.05, 0) is 36.4 Å². The van der Waals surface area contributed by atoms with Crippen LogP contribution in [0.15, 0.2) is 48.8 Å². The second-order valence-electron chi connectivity index (χ2n) is 7.66. The number of aromatic amines is 1. The average molecular weight is 432 g/mol. The standard InChI is InChI=1S/C20H21FN4O4S/c1-20(12-30(22,26)27)10-28-19(29-11-20)18-24-16(13-2-4-15(21)5-3-13)17(25-18)14-6-8-23-9-7-14/h2-9,19H,10-12H2,1H3,(H,24,25)(H2,22,26,27). The van der Waals surface area contributed by atoms with E-state index in [2.05, 4.69) is 15.0 Å². The Morgan fingerprint density at radius 1 is 1.13 bits per heavy atom. The third-order valence-electron chi connectivity index (χ3n) is 4.75. The molecule has 10 heteroatoms. The summed E-state index contributed by atoms with van der Waals surface area (Å²) in [6.07, 6.45) is 2.53. The molecular weight excluding hydrogens is 411 g/mol. The first-order valence-corrected chi connectivity index (χ1v) is 10.9. The third-order valence-corrected chi connectivity index (χ3v) is 5.85. The fourth-order valence-corrected chi connectivity index (χ4v) is 4.56. The van der Waals surface area contributed by atoms with Crippen LogP contribution in [0.5, 0.6) is 0 Å². The van der Waals surface area contributed by atoms with Gasteiger partial charge in [-0.25, -0.2) is 22.9 Å². The number of hydrogen-bond donors (Lipinski definition) is 2. The minimum absolute atomic E-state index is 0.144. The van der Waals surface area contributed by atoms with E-state index in [1.54, 1.807) is 31.5 Å². The van der Waals surface area contributed by atoms with Gasteiger partial charge in [-0.2, -0.15) is 0 Å². The summed E-state index contributed by atoms with van der Waals surface area (Å²) in [5, 5.41) is 5.17. The number of benzene rings is 1. The lowest BCUT2D eigenvalue weighted by molar-refractivity contribution is -0.228. The molecule has 0 amide bonds. The lowest BCUT2D eigenvalue weighted by atomic mass is 9.95. The number of pyridine rings is 1. The fourth-order valence-electron chi connectivity index (χ4n) is 3.42. The third kappa shape index (κ3) is 4.57. The molecule has 1 saturated heterocycles. The molecule has 1 aliphatic heterocycles. The van der Waals surface area contributed by atoms with Crippen LogP contribution in [0, 0.1) is 11.2 Å². The van der Waals surface area contributed by atoms with Crippen molar-refractivity contribution in [3.05, 3.63) is 60.4 Å². The molecule has 4 rings (SSSR count). The van der Waals surface area contributed by atoms with Crippen LogP contribution in [-0.4, -0.2) is 42.3 Å². The van der Waals surface area contributed by atoms with Crippen LogP contribution in [0.25, 0.3) is 22.5 Å². The van der Waals surface area contributed by atoms with Gasteiger partial charge in [-0.15, -0.1) is 0 Å². The van der Waals surface area contributed by atoms with Crippen LogP contribution in [0.1, 0.15) is 19.0 Å². The number of primary sulfonamides is 1. The first-order valence-electron chi connectivity index (χ1n) is 9.22. The van der Waals surface area contributed by atoms with Crippen molar-refractivity contribution < 1.29 is 22.3 Å². The zero-order valence-electron chi connectivity index (χ0n) is 16.2. The Bertz CT molecular complexity index is 1130. The van der Waals surface area contributed by atoms with Gasteiger partial charge in [0.05, 0.1) is 30.4 Å². The zero-order valence-corrected chi connectivity index (χ0v) is 17.0. The maximum absolute atomic E-state index is 13.4. The van der Waals surface area contributed by atoms with Crippen molar-refractivity contribution >= 4 is 10.0 Å². The van der Waals surface area contributed by atoms with Crippen molar-refractivity contribution in [3.8, 4) is 22.5 Å². The Kier molecular flexibility index (Phi) is 5.41. The molecule has 0 radical (unpaired) electrons. The van der Waals surface area contributed by atoms with Gasteiger partial charge in [0.2, 0.25) is 16.3 Å². The zero-order chi connectivity index (χ0) is 21.4. The van der Waals surface area contributed by atoms with E-state index in [0.29, 0.717) is 17.2 Å². The number of rotatable bonds is 5. The number of nitrogens with two attached hydrogens (primary N) is 1. The van der Waals surface area contributed by atoms with Gasteiger partial charge >= 0.3 is 0 Å². The minimum Gasteiger partial charge on any atom is -0.345 e. The topological polar surface area (TPSA) is 120 Å². The molecule has 0 spiro atoms. The molecule has 0 bridgehead atoms. The number of nitrogens with one attached hydrogen (secondary N) is 1. The van der Waals surface area contributed by atoms with Crippen LogP contribution < -0.4 is 5.14 Å². The van der Waals surface area contributed by atoms with Gasteiger partial charge in [-0.1, -0.05) is 6.92 Å². The quantitative estimate of drug-likeness (QED) is 0.639. The van der Waals surface area contributed by atoms with Crippen molar-refractivity contribution in [2.75, 3.05) is 19.0 Å². The van der Waals surface area contributed by atoms with Crippen LogP contribution in [-0.2, 0) is 19.5 Å². The Morgan fingerprint density at radius 2 is 1.77 bits per heavy atom. The number of H-pyrrole nitrogens is 1. The molecule has 0 atom stereocenters. The van der Waals surface area contributed by atoms with Gasteiger partial charge in [-0.3, -0.25) is 4.98 Å². The van der Waals surface area contributed by atoms with Gasteiger partial charge in [0.25, 0.3) is 0 Å². The van der Waals surface area contributed by atoms with Gasteiger partial charge < -0.3 is 14.5 Å². The van der Waals surface area contributed by atoms with Crippen LogP contribution in [0.3, 0.4) is 0 Å². The van der Waals surface area contributed by atoms with Crippen molar-refractivity contribution in [2.24, 2.45) is 10.6 Å². The maximum atomic E-state index is 13.4.